The van der Waals surface area contributed by atoms with E-state index in [0.29, 0.717) is 12.2 Å². The Hall–Kier alpha value is -1.16. The number of carbonyl (C=O) groups is 1. The Balaban J connectivity index is 2.25. The minimum atomic E-state index is -0.314. The summed E-state index contributed by atoms with van der Waals surface area (Å²) in [6.45, 7) is 8.70. The van der Waals surface area contributed by atoms with E-state index >= 15 is 0 Å². The van der Waals surface area contributed by atoms with E-state index in [-0.39, 0.29) is 17.1 Å². The van der Waals surface area contributed by atoms with Crippen molar-refractivity contribution in [3.63, 3.8) is 0 Å². The molecule has 3 nitrogen and oxygen atoms in total. The molecule has 1 rings (SSSR count). The zero-order chi connectivity index (χ0) is 18.7. The highest BCUT2D eigenvalue weighted by Gasteiger charge is 2.20. The van der Waals surface area contributed by atoms with Crippen molar-refractivity contribution in [1.82, 2.24) is 0 Å². The number of thioether (sulfide) groups is 1. The molecule has 0 bridgehead atoms. The first-order valence-electron chi connectivity index (χ1n) is 9.44. The Kier molecular flexibility index (Phi) is 10.0. The molecule has 1 aromatic carbocycles. The number of unbranched alkanes of at least 4 members (excludes halogenated alkanes) is 5. The Labute approximate surface area is 157 Å². The predicted molar refractivity (Wildman–Crippen MR) is 108 cm³/mol. The van der Waals surface area contributed by atoms with Crippen LogP contribution in [0.5, 0.6) is 5.75 Å². The molecule has 25 heavy (non-hydrogen) atoms. The molecule has 0 spiro atoms. The third kappa shape index (κ3) is 8.66. The van der Waals surface area contributed by atoms with Gasteiger partial charge in [0, 0.05) is 11.3 Å². The van der Waals surface area contributed by atoms with Crippen molar-refractivity contribution in [2.75, 3.05) is 18.1 Å². The summed E-state index contributed by atoms with van der Waals surface area (Å²) in [7, 11) is 0. The van der Waals surface area contributed by atoms with Crippen LogP contribution < -0.4 is 0 Å². The summed E-state index contributed by atoms with van der Waals surface area (Å²) in [6, 6.07) is 4.93. The third-order valence-electron chi connectivity index (χ3n) is 4.14. The topological polar surface area (TPSA) is 46.5 Å². The van der Waals surface area contributed by atoms with Gasteiger partial charge in [-0.15, -0.1) is 0 Å². The fourth-order valence-corrected chi connectivity index (χ4v) is 3.44. The van der Waals surface area contributed by atoms with Gasteiger partial charge in [-0.1, -0.05) is 59.8 Å². The van der Waals surface area contributed by atoms with E-state index in [1.54, 1.807) is 18.2 Å². The molecule has 4 heteroatoms. The number of phenolic OH excluding ortho intramolecular Hbond substituents is 1. The van der Waals surface area contributed by atoms with Gasteiger partial charge >= 0.3 is 5.97 Å². The highest BCUT2D eigenvalue weighted by Crippen LogP contribution is 2.31. The summed E-state index contributed by atoms with van der Waals surface area (Å²) in [4.78, 5) is 12.2. The molecular formula is C21H34O3S. The van der Waals surface area contributed by atoms with Gasteiger partial charge in [-0.3, -0.25) is 0 Å². The predicted octanol–water partition coefficient (Wildman–Crippen LogP) is 5.94. The number of hydrogen-bond acceptors (Lipinski definition) is 4. The molecule has 0 aliphatic heterocycles. The summed E-state index contributed by atoms with van der Waals surface area (Å²) < 4.78 is 5.35. The Morgan fingerprint density at radius 2 is 1.76 bits per heavy atom. The van der Waals surface area contributed by atoms with Crippen LogP contribution >= 0.6 is 11.8 Å². The van der Waals surface area contributed by atoms with E-state index in [1.165, 1.54) is 38.5 Å². The van der Waals surface area contributed by atoms with Gasteiger partial charge < -0.3 is 9.84 Å². The maximum absolute atomic E-state index is 12.2. The van der Waals surface area contributed by atoms with E-state index in [2.05, 4.69) is 6.92 Å². The van der Waals surface area contributed by atoms with Gasteiger partial charge in [-0.2, -0.15) is 11.8 Å². The lowest BCUT2D eigenvalue weighted by Crippen LogP contribution is -2.14. The fraction of sp³-hybridized carbons (Fsp3) is 0.667. The van der Waals surface area contributed by atoms with Crippen molar-refractivity contribution in [2.45, 2.75) is 71.6 Å². The zero-order valence-corrected chi connectivity index (χ0v) is 17.1. The Bertz CT molecular complexity index is 520. The summed E-state index contributed by atoms with van der Waals surface area (Å²) in [6.07, 6.45) is 7.86. The van der Waals surface area contributed by atoms with Gasteiger partial charge in [-0.05, 0) is 35.8 Å². The highest BCUT2D eigenvalue weighted by molar-refractivity contribution is 7.99. The van der Waals surface area contributed by atoms with Gasteiger partial charge in [0.15, 0.2) is 0 Å². The molecule has 0 atom stereocenters. The molecule has 1 aromatic rings. The van der Waals surface area contributed by atoms with Crippen molar-refractivity contribution in [3.8, 4) is 5.75 Å². The summed E-state index contributed by atoms with van der Waals surface area (Å²) in [5.41, 5.74) is 1.05. The smallest absolute Gasteiger partial charge is 0.338 e. The van der Waals surface area contributed by atoms with Crippen LogP contribution in [0.15, 0.2) is 18.2 Å². The second kappa shape index (κ2) is 11.5. The molecule has 0 unspecified atom stereocenters. The van der Waals surface area contributed by atoms with Crippen LogP contribution in [-0.4, -0.2) is 29.2 Å². The third-order valence-corrected chi connectivity index (χ3v) is 5.18. The second-order valence-corrected chi connectivity index (χ2v) is 8.72. The van der Waals surface area contributed by atoms with E-state index in [0.717, 1.165) is 17.1 Å². The van der Waals surface area contributed by atoms with Crippen molar-refractivity contribution in [3.05, 3.63) is 29.3 Å². The van der Waals surface area contributed by atoms with Crippen LogP contribution in [0.2, 0.25) is 0 Å². The Morgan fingerprint density at radius 1 is 1.08 bits per heavy atom. The standard InChI is InChI=1S/C21H34O3S/c1-5-6-7-8-9-10-14-25-15-13-24-20(23)17-11-12-19(22)18(16-17)21(2,3)4/h11-12,16,22H,5-10,13-15H2,1-4H3. The second-order valence-electron chi connectivity index (χ2n) is 7.50. The number of hydrogen-bond donors (Lipinski definition) is 1. The lowest BCUT2D eigenvalue weighted by atomic mass is 9.85. The van der Waals surface area contributed by atoms with E-state index in [4.69, 9.17) is 4.74 Å². The van der Waals surface area contributed by atoms with Crippen molar-refractivity contribution in [1.29, 1.82) is 0 Å². The summed E-state index contributed by atoms with van der Waals surface area (Å²) >= 11 is 1.85. The first-order valence-corrected chi connectivity index (χ1v) is 10.6. The molecule has 0 aromatic heterocycles. The van der Waals surface area contributed by atoms with Crippen molar-refractivity contribution < 1.29 is 14.6 Å². The molecule has 0 aliphatic rings. The van der Waals surface area contributed by atoms with E-state index in [9.17, 15) is 9.90 Å². The number of aromatic hydroxyl groups is 1. The van der Waals surface area contributed by atoms with Gasteiger partial charge in [-0.25, -0.2) is 4.79 Å². The lowest BCUT2D eigenvalue weighted by molar-refractivity contribution is 0.0530. The highest BCUT2D eigenvalue weighted by atomic mass is 32.2. The molecule has 0 fully saturated rings. The molecule has 0 saturated carbocycles. The summed E-state index contributed by atoms with van der Waals surface area (Å²) in [5, 5.41) is 9.96. The number of rotatable bonds is 11. The van der Waals surface area contributed by atoms with Gasteiger partial charge in [0.1, 0.15) is 12.4 Å². The first kappa shape index (κ1) is 21.9. The lowest BCUT2D eigenvalue weighted by Gasteiger charge is -2.21. The average Bonchev–Trinajstić information content (AvgIpc) is 2.55. The van der Waals surface area contributed by atoms with Gasteiger partial charge in [0.05, 0.1) is 5.56 Å². The first-order chi connectivity index (χ1) is 11.9. The van der Waals surface area contributed by atoms with Crippen LogP contribution in [0, 0.1) is 0 Å². The number of ether oxygens (including phenoxy) is 1. The van der Waals surface area contributed by atoms with Crippen LogP contribution in [-0.2, 0) is 10.2 Å². The molecule has 0 aliphatic carbocycles. The van der Waals surface area contributed by atoms with Crippen LogP contribution in [0.25, 0.3) is 0 Å². The minimum absolute atomic E-state index is 0.215. The van der Waals surface area contributed by atoms with Gasteiger partial charge in [0.25, 0.3) is 0 Å². The van der Waals surface area contributed by atoms with E-state index in [1.807, 2.05) is 32.5 Å². The average molecular weight is 367 g/mol. The van der Waals surface area contributed by atoms with Crippen LogP contribution in [0.1, 0.15) is 82.1 Å². The number of benzene rings is 1. The number of phenols is 1. The monoisotopic (exact) mass is 366 g/mol. The SMILES string of the molecule is CCCCCCCCSCCOC(=O)c1ccc(O)c(C(C)(C)C)c1. The molecule has 0 saturated heterocycles. The molecule has 1 N–H and O–H groups in total. The maximum Gasteiger partial charge on any atom is 0.338 e. The molecule has 142 valence electrons. The normalized spacial score (nSPS) is 11.5. The molecule has 0 radical (unpaired) electrons. The van der Waals surface area contributed by atoms with Crippen LogP contribution in [0.3, 0.4) is 0 Å². The quantitative estimate of drug-likeness (QED) is 0.389. The van der Waals surface area contributed by atoms with Gasteiger partial charge in [0.2, 0.25) is 0 Å². The van der Waals surface area contributed by atoms with Crippen molar-refractivity contribution >= 4 is 17.7 Å². The zero-order valence-electron chi connectivity index (χ0n) is 16.3. The minimum Gasteiger partial charge on any atom is -0.508 e. The molecule has 0 amide bonds. The van der Waals surface area contributed by atoms with Crippen molar-refractivity contribution in [2.24, 2.45) is 0 Å². The molecule has 0 heterocycles. The van der Waals surface area contributed by atoms with Crippen LogP contribution in [0.4, 0.5) is 0 Å². The number of esters is 1. The Morgan fingerprint density at radius 3 is 2.44 bits per heavy atom. The molecular weight excluding hydrogens is 332 g/mol. The number of carbonyl (C=O) groups excluding carboxylic acids is 1. The summed E-state index contributed by atoms with van der Waals surface area (Å²) in [5.74, 6) is 1.88. The van der Waals surface area contributed by atoms with E-state index < -0.39 is 0 Å². The largest absolute Gasteiger partial charge is 0.508 e. The fourth-order valence-electron chi connectivity index (χ4n) is 2.63. The maximum atomic E-state index is 12.2.